The number of amides is 1. The van der Waals surface area contributed by atoms with Crippen LogP contribution in [0.4, 0.5) is 0 Å². The highest BCUT2D eigenvalue weighted by Crippen LogP contribution is 2.15. The van der Waals surface area contributed by atoms with Gasteiger partial charge >= 0.3 is 5.97 Å². The van der Waals surface area contributed by atoms with E-state index < -0.39 is 23.3 Å². The number of para-hydroxylation sites is 1. The van der Waals surface area contributed by atoms with Crippen LogP contribution in [0, 0.1) is 5.41 Å². The Bertz CT molecular complexity index is 598. The molecule has 0 aliphatic heterocycles. The number of hydrogen-bond acceptors (Lipinski definition) is 6. The van der Waals surface area contributed by atoms with Gasteiger partial charge in [0.05, 0.1) is 0 Å². The predicted molar refractivity (Wildman–Crippen MR) is 102 cm³/mol. The molecule has 0 saturated heterocycles. The molecule has 0 radical (unpaired) electrons. The second-order valence-corrected chi connectivity index (χ2v) is 7.77. The van der Waals surface area contributed by atoms with E-state index >= 15 is 0 Å². The summed E-state index contributed by atoms with van der Waals surface area (Å²) in [6.45, 7) is 4.79. The lowest BCUT2D eigenvalue weighted by molar-refractivity contribution is -0.153. The minimum absolute atomic E-state index is 0.173. The SMILES string of the molecule is CSCCC(NC(=O)COc1ccccc1)C(=O)OCC(=O)C(C)(C)C. The Morgan fingerprint density at radius 2 is 1.77 bits per heavy atom. The smallest absolute Gasteiger partial charge is 0.329 e. The summed E-state index contributed by atoms with van der Waals surface area (Å²) in [4.78, 5) is 36.2. The average Bonchev–Trinajstić information content (AvgIpc) is 2.61. The van der Waals surface area contributed by atoms with E-state index in [9.17, 15) is 14.4 Å². The van der Waals surface area contributed by atoms with E-state index in [0.717, 1.165) is 0 Å². The Kier molecular flexibility index (Phi) is 9.19. The molecule has 6 nitrogen and oxygen atoms in total. The molecule has 0 bridgehead atoms. The van der Waals surface area contributed by atoms with Crippen molar-refractivity contribution in [2.24, 2.45) is 5.41 Å². The molecule has 0 aliphatic rings. The normalized spacial score (nSPS) is 12.2. The monoisotopic (exact) mass is 381 g/mol. The van der Waals surface area contributed by atoms with Gasteiger partial charge in [-0.25, -0.2) is 4.79 Å². The number of ether oxygens (including phenoxy) is 2. The number of nitrogens with one attached hydrogen (secondary N) is 1. The van der Waals surface area contributed by atoms with Gasteiger partial charge in [-0.3, -0.25) is 9.59 Å². The average molecular weight is 381 g/mol. The fourth-order valence-electron chi connectivity index (χ4n) is 1.84. The van der Waals surface area contributed by atoms with Crippen LogP contribution in [0.3, 0.4) is 0 Å². The van der Waals surface area contributed by atoms with E-state index in [-0.39, 0.29) is 19.0 Å². The van der Waals surface area contributed by atoms with Crippen molar-refractivity contribution in [3.63, 3.8) is 0 Å². The van der Waals surface area contributed by atoms with E-state index in [1.165, 1.54) is 0 Å². The molecule has 26 heavy (non-hydrogen) atoms. The third kappa shape index (κ3) is 8.38. The number of esters is 1. The van der Waals surface area contributed by atoms with Gasteiger partial charge in [0.25, 0.3) is 5.91 Å². The molecule has 1 unspecified atom stereocenters. The van der Waals surface area contributed by atoms with Crippen molar-refractivity contribution >= 4 is 29.4 Å². The zero-order valence-electron chi connectivity index (χ0n) is 15.7. The van der Waals surface area contributed by atoms with Crippen molar-refractivity contribution in [2.75, 3.05) is 25.2 Å². The second kappa shape index (κ2) is 10.9. The summed E-state index contributed by atoms with van der Waals surface area (Å²) in [5.74, 6) is 0.0472. The zero-order valence-corrected chi connectivity index (χ0v) is 16.6. The molecule has 1 aromatic rings. The van der Waals surface area contributed by atoms with Crippen LogP contribution in [0.1, 0.15) is 27.2 Å². The van der Waals surface area contributed by atoms with E-state index in [1.54, 1.807) is 56.8 Å². The Hall–Kier alpha value is -2.02. The molecule has 1 rings (SSSR count). The largest absolute Gasteiger partial charge is 0.484 e. The second-order valence-electron chi connectivity index (χ2n) is 6.78. The Balaban J connectivity index is 2.54. The third-order valence-electron chi connectivity index (χ3n) is 3.53. The molecule has 0 fully saturated rings. The number of thioether (sulfide) groups is 1. The van der Waals surface area contributed by atoms with Crippen molar-refractivity contribution < 1.29 is 23.9 Å². The van der Waals surface area contributed by atoms with E-state index in [4.69, 9.17) is 9.47 Å². The number of Topliss-reactive ketones (excluding diaryl/α,β-unsaturated/α-hetero) is 1. The van der Waals surface area contributed by atoms with E-state index in [0.29, 0.717) is 17.9 Å². The highest BCUT2D eigenvalue weighted by atomic mass is 32.2. The highest BCUT2D eigenvalue weighted by molar-refractivity contribution is 7.98. The number of rotatable bonds is 10. The molecule has 144 valence electrons. The van der Waals surface area contributed by atoms with Crippen LogP contribution in [-0.2, 0) is 19.1 Å². The number of carbonyl (C=O) groups is 3. The van der Waals surface area contributed by atoms with Crippen LogP contribution in [-0.4, -0.2) is 48.9 Å². The predicted octanol–water partition coefficient (Wildman–Crippen LogP) is 2.46. The number of ketones is 1. The minimum Gasteiger partial charge on any atom is -0.484 e. The fraction of sp³-hybridized carbons (Fsp3) is 0.526. The van der Waals surface area contributed by atoms with Gasteiger partial charge in [-0.15, -0.1) is 0 Å². The van der Waals surface area contributed by atoms with Gasteiger partial charge in [0, 0.05) is 5.41 Å². The fourth-order valence-corrected chi connectivity index (χ4v) is 2.31. The van der Waals surface area contributed by atoms with Crippen LogP contribution in [0.5, 0.6) is 5.75 Å². The molecule has 0 spiro atoms. The first-order valence-electron chi connectivity index (χ1n) is 8.40. The summed E-state index contributed by atoms with van der Waals surface area (Å²) >= 11 is 1.56. The summed E-state index contributed by atoms with van der Waals surface area (Å²) in [6.07, 6.45) is 2.33. The van der Waals surface area contributed by atoms with Gasteiger partial charge in [-0.2, -0.15) is 11.8 Å². The van der Waals surface area contributed by atoms with Gasteiger partial charge in [0.2, 0.25) is 0 Å². The van der Waals surface area contributed by atoms with E-state index in [1.807, 2.05) is 12.3 Å². The molecule has 1 aromatic carbocycles. The van der Waals surface area contributed by atoms with Crippen molar-refractivity contribution in [1.29, 1.82) is 0 Å². The molecule has 1 amide bonds. The Labute approximate surface area is 159 Å². The maximum atomic E-state index is 12.3. The number of benzene rings is 1. The van der Waals surface area contributed by atoms with Crippen molar-refractivity contribution in [3.8, 4) is 5.75 Å². The first-order valence-corrected chi connectivity index (χ1v) is 9.79. The summed E-state index contributed by atoms with van der Waals surface area (Å²) in [7, 11) is 0. The minimum atomic E-state index is -0.804. The van der Waals surface area contributed by atoms with Crippen molar-refractivity contribution in [3.05, 3.63) is 30.3 Å². The standard InChI is InChI=1S/C19H27NO5S/c1-19(2,3)16(21)12-25-18(23)15(10-11-26-4)20-17(22)13-24-14-8-6-5-7-9-14/h5-9,15H,10-13H2,1-4H3,(H,20,22). The molecule has 0 aromatic heterocycles. The van der Waals surface area contributed by atoms with Crippen LogP contribution in [0.2, 0.25) is 0 Å². The van der Waals surface area contributed by atoms with Crippen LogP contribution < -0.4 is 10.1 Å². The van der Waals surface area contributed by atoms with Crippen molar-refractivity contribution in [1.82, 2.24) is 5.32 Å². The number of carbonyl (C=O) groups excluding carboxylic acids is 3. The molecule has 7 heteroatoms. The van der Waals surface area contributed by atoms with Crippen LogP contribution >= 0.6 is 11.8 Å². The zero-order chi connectivity index (χ0) is 19.6. The molecule has 0 saturated carbocycles. The molecular formula is C19H27NO5S. The first kappa shape index (κ1) is 22.0. The van der Waals surface area contributed by atoms with Gasteiger partial charge in [0.15, 0.2) is 19.0 Å². The molecule has 1 atom stereocenters. The van der Waals surface area contributed by atoms with Gasteiger partial charge in [-0.05, 0) is 30.6 Å². The lowest BCUT2D eigenvalue weighted by Gasteiger charge is -2.20. The lowest BCUT2D eigenvalue weighted by atomic mass is 9.91. The Morgan fingerprint density at radius 3 is 2.35 bits per heavy atom. The lowest BCUT2D eigenvalue weighted by Crippen LogP contribution is -2.45. The van der Waals surface area contributed by atoms with Crippen LogP contribution in [0.25, 0.3) is 0 Å². The van der Waals surface area contributed by atoms with Crippen LogP contribution in [0.15, 0.2) is 30.3 Å². The van der Waals surface area contributed by atoms with Gasteiger partial charge in [-0.1, -0.05) is 39.0 Å². The quantitative estimate of drug-likeness (QED) is 0.627. The molecule has 0 aliphatic carbocycles. The highest BCUT2D eigenvalue weighted by Gasteiger charge is 2.26. The summed E-state index contributed by atoms with van der Waals surface area (Å²) < 4.78 is 10.5. The number of hydrogen-bond donors (Lipinski definition) is 1. The van der Waals surface area contributed by atoms with Gasteiger partial charge in [0.1, 0.15) is 11.8 Å². The molecule has 1 N–H and O–H groups in total. The van der Waals surface area contributed by atoms with Crippen molar-refractivity contribution in [2.45, 2.75) is 33.2 Å². The third-order valence-corrected chi connectivity index (χ3v) is 4.17. The summed E-state index contributed by atoms with van der Waals surface area (Å²) in [5.41, 5.74) is -0.582. The van der Waals surface area contributed by atoms with E-state index in [2.05, 4.69) is 5.32 Å². The topological polar surface area (TPSA) is 81.7 Å². The Morgan fingerprint density at radius 1 is 1.12 bits per heavy atom. The maximum Gasteiger partial charge on any atom is 0.329 e. The maximum absolute atomic E-state index is 12.3. The molecule has 0 heterocycles. The summed E-state index contributed by atoms with van der Waals surface area (Å²) in [6, 6.07) is 8.13. The van der Waals surface area contributed by atoms with Gasteiger partial charge < -0.3 is 14.8 Å². The first-order chi connectivity index (χ1) is 12.2. The molecular weight excluding hydrogens is 354 g/mol. The summed E-state index contributed by atoms with van der Waals surface area (Å²) in [5, 5.41) is 2.62.